The third kappa shape index (κ3) is 5.01. The third-order valence-corrected chi connectivity index (χ3v) is 6.44. The van der Waals surface area contributed by atoms with Crippen LogP contribution in [0.2, 0.25) is 0 Å². The van der Waals surface area contributed by atoms with Crippen LogP contribution in [0, 0.1) is 5.92 Å². The number of hydrogen-bond acceptors (Lipinski definition) is 6. The minimum atomic E-state index is 0.303. The summed E-state index contributed by atoms with van der Waals surface area (Å²) in [6.45, 7) is 8.56. The van der Waals surface area contributed by atoms with Gasteiger partial charge in [-0.2, -0.15) is 10.3 Å². The number of aromatic amines is 1. The number of unbranched alkanes of at least 4 members (excludes halogenated alkanes) is 1. The number of piperidine rings is 1. The van der Waals surface area contributed by atoms with Crippen LogP contribution in [0.3, 0.4) is 0 Å². The number of hydrogen-bond donors (Lipinski definition) is 2. The topological polar surface area (TPSA) is 97.2 Å². The van der Waals surface area contributed by atoms with Crippen molar-refractivity contribution in [3.8, 4) is 11.4 Å². The Balaban J connectivity index is 1.43. The van der Waals surface area contributed by atoms with Gasteiger partial charge in [0, 0.05) is 37.0 Å². The van der Waals surface area contributed by atoms with Gasteiger partial charge in [0.15, 0.2) is 5.82 Å². The average molecular weight is 423 g/mol. The Morgan fingerprint density at radius 2 is 2.06 bits per heavy atom. The second kappa shape index (κ2) is 10.1. The van der Waals surface area contributed by atoms with Crippen molar-refractivity contribution in [2.45, 2.75) is 77.8 Å². The highest BCUT2D eigenvalue weighted by atomic mass is 15.5. The lowest BCUT2D eigenvalue weighted by Crippen LogP contribution is -2.35. The zero-order valence-electron chi connectivity index (χ0n) is 18.9. The van der Waals surface area contributed by atoms with E-state index in [-0.39, 0.29) is 0 Å². The van der Waals surface area contributed by atoms with E-state index in [9.17, 15) is 0 Å². The first kappa shape index (κ1) is 21.6. The van der Waals surface area contributed by atoms with Crippen LogP contribution in [-0.2, 0) is 13.0 Å². The van der Waals surface area contributed by atoms with Crippen molar-refractivity contribution in [1.29, 1.82) is 0 Å². The second-order valence-electron chi connectivity index (χ2n) is 8.71. The summed E-state index contributed by atoms with van der Waals surface area (Å²) in [7, 11) is 0. The molecule has 0 amide bonds. The van der Waals surface area contributed by atoms with Gasteiger partial charge in [-0.1, -0.05) is 51.5 Å². The Labute approximate surface area is 184 Å². The minimum Gasteiger partial charge on any atom is -0.310 e. The molecule has 2 aromatic heterocycles. The van der Waals surface area contributed by atoms with E-state index < -0.39 is 0 Å². The van der Waals surface area contributed by atoms with Gasteiger partial charge in [0.05, 0.1) is 0 Å². The fourth-order valence-electron chi connectivity index (χ4n) is 4.31. The summed E-state index contributed by atoms with van der Waals surface area (Å²) in [4.78, 5) is 4.90. The lowest BCUT2D eigenvalue weighted by molar-refractivity contribution is 0.276. The predicted molar refractivity (Wildman–Crippen MR) is 120 cm³/mol. The molecule has 0 spiro atoms. The molecule has 1 aliphatic heterocycles. The first-order valence-electron chi connectivity index (χ1n) is 11.7. The SMILES string of the molecule is CCCCc1nc(C(C)CC)nn1CC1CCC(c2ccccc2-c2nn[nH]n2)NC1. The molecule has 3 heterocycles. The highest BCUT2D eigenvalue weighted by molar-refractivity contribution is 5.60. The van der Waals surface area contributed by atoms with Gasteiger partial charge in [0.1, 0.15) is 5.82 Å². The van der Waals surface area contributed by atoms with Crippen molar-refractivity contribution < 1.29 is 0 Å². The van der Waals surface area contributed by atoms with Gasteiger partial charge in [-0.05, 0) is 42.4 Å². The summed E-state index contributed by atoms with van der Waals surface area (Å²) in [5.41, 5.74) is 2.29. The number of aromatic nitrogens is 7. The minimum absolute atomic E-state index is 0.303. The molecule has 3 aromatic rings. The molecule has 4 rings (SSSR count). The standard InChI is InChI=1S/C23H34N8/c1-4-6-11-21-25-22(16(3)5-2)28-31(21)15-17-12-13-20(24-14-17)18-9-7-8-10-19(18)23-26-29-30-27-23/h7-10,16-17,20,24H,4-6,11-15H2,1-3H3,(H,26,27,29,30). The molecule has 8 nitrogen and oxygen atoms in total. The Kier molecular flexibility index (Phi) is 7.06. The number of nitrogens with zero attached hydrogens (tertiary/aromatic N) is 6. The summed E-state index contributed by atoms with van der Waals surface area (Å²) < 4.78 is 2.19. The summed E-state index contributed by atoms with van der Waals surface area (Å²) in [6, 6.07) is 8.65. The molecule has 166 valence electrons. The molecular formula is C23H34N8. The molecule has 2 N–H and O–H groups in total. The first-order valence-corrected chi connectivity index (χ1v) is 11.7. The zero-order valence-corrected chi connectivity index (χ0v) is 18.9. The van der Waals surface area contributed by atoms with Crippen LogP contribution in [0.4, 0.5) is 0 Å². The van der Waals surface area contributed by atoms with Crippen molar-refractivity contribution in [1.82, 2.24) is 40.7 Å². The van der Waals surface area contributed by atoms with E-state index in [0.717, 1.165) is 62.4 Å². The number of H-pyrrole nitrogens is 1. The van der Waals surface area contributed by atoms with E-state index in [1.54, 1.807) is 0 Å². The number of rotatable bonds is 9. The summed E-state index contributed by atoms with van der Waals surface area (Å²) in [6.07, 6.45) is 6.67. The van der Waals surface area contributed by atoms with Crippen LogP contribution < -0.4 is 5.32 Å². The monoisotopic (exact) mass is 422 g/mol. The summed E-state index contributed by atoms with van der Waals surface area (Å²) >= 11 is 0. The van der Waals surface area contributed by atoms with Gasteiger partial charge in [0.25, 0.3) is 0 Å². The first-order chi connectivity index (χ1) is 15.2. The maximum absolute atomic E-state index is 4.90. The molecule has 1 fully saturated rings. The largest absolute Gasteiger partial charge is 0.310 e. The fourth-order valence-corrected chi connectivity index (χ4v) is 4.31. The van der Waals surface area contributed by atoms with Gasteiger partial charge in [-0.3, -0.25) is 0 Å². The molecule has 3 atom stereocenters. The van der Waals surface area contributed by atoms with E-state index in [0.29, 0.717) is 23.7 Å². The molecule has 1 aliphatic rings. The molecule has 3 unspecified atom stereocenters. The van der Waals surface area contributed by atoms with Crippen molar-refractivity contribution in [3.63, 3.8) is 0 Å². The van der Waals surface area contributed by atoms with Gasteiger partial charge in [-0.25, -0.2) is 9.67 Å². The maximum atomic E-state index is 4.90. The van der Waals surface area contributed by atoms with E-state index in [1.165, 1.54) is 12.0 Å². The Hall–Kier alpha value is -2.61. The molecule has 0 radical (unpaired) electrons. The quantitative estimate of drug-likeness (QED) is 0.540. The van der Waals surface area contributed by atoms with Crippen molar-refractivity contribution in [3.05, 3.63) is 41.5 Å². The van der Waals surface area contributed by atoms with Crippen LogP contribution in [0.5, 0.6) is 0 Å². The molecule has 0 bridgehead atoms. The van der Waals surface area contributed by atoms with E-state index in [2.05, 4.69) is 69.6 Å². The molecular weight excluding hydrogens is 388 g/mol. The second-order valence-corrected chi connectivity index (χ2v) is 8.71. The lowest BCUT2D eigenvalue weighted by Gasteiger charge is -2.31. The maximum Gasteiger partial charge on any atom is 0.204 e. The average Bonchev–Trinajstić information content (AvgIpc) is 3.48. The number of benzene rings is 1. The van der Waals surface area contributed by atoms with Crippen LogP contribution >= 0.6 is 0 Å². The lowest BCUT2D eigenvalue weighted by atomic mass is 9.88. The Morgan fingerprint density at radius 3 is 2.77 bits per heavy atom. The van der Waals surface area contributed by atoms with E-state index in [4.69, 9.17) is 10.1 Å². The smallest absolute Gasteiger partial charge is 0.204 e. The third-order valence-electron chi connectivity index (χ3n) is 6.44. The molecule has 0 aliphatic carbocycles. The van der Waals surface area contributed by atoms with Crippen LogP contribution in [0.15, 0.2) is 24.3 Å². The zero-order chi connectivity index (χ0) is 21.6. The van der Waals surface area contributed by atoms with Gasteiger partial charge < -0.3 is 5.32 Å². The van der Waals surface area contributed by atoms with Crippen molar-refractivity contribution >= 4 is 0 Å². The van der Waals surface area contributed by atoms with Gasteiger partial charge >= 0.3 is 0 Å². The fraction of sp³-hybridized carbons (Fsp3) is 0.609. The van der Waals surface area contributed by atoms with E-state index >= 15 is 0 Å². The highest BCUT2D eigenvalue weighted by Gasteiger charge is 2.26. The van der Waals surface area contributed by atoms with E-state index in [1.807, 2.05) is 6.07 Å². The van der Waals surface area contributed by atoms with Crippen molar-refractivity contribution in [2.24, 2.45) is 5.92 Å². The molecule has 0 saturated carbocycles. The van der Waals surface area contributed by atoms with Gasteiger partial charge in [-0.15, -0.1) is 10.2 Å². The van der Waals surface area contributed by atoms with Crippen LogP contribution in [0.25, 0.3) is 11.4 Å². The molecule has 8 heteroatoms. The summed E-state index contributed by atoms with van der Waals surface area (Å²) in [5, 5.41) is 23.3. The number of nitrogens with one attached hydrogen (secondary N) is 2. The normalized spacial score (nSPS) is 20.1. The Bertz CT molecular complexity index is 940. The number of aryl methyl sites for hydroxylation is 1. The highest BCUT2D eigenvalue weighted by Crippen LogP contribution is 2.32. The van der Waals surface area contributed by atoms with Crippen LogP contribution in [0.1, 0.15) is 82.0 Å². The molecule has 1 aromatic carbocycles. The number of tetrazole rings is 1. The Morgan fingerprint density at radius 1 is 1.19 bits per heavy atom. The predicted octanol–water partition coefficient (Wildman–Crippen LogP) is 4.06. The van der Waals surface area contributed by atoms with Crippen molar-refractivity contribution in [2.75, 3.05) is 6.54 Å². The van der Waals surface area contributed by atoms with Crippen LogP contribution in [-0.4, -0.2) is 41.9 Å². The van der Waals surface area contributed by atoms with Gasteiger partial charge in [0.2, 0.25) is 5.82 Å². The summed E-state index contributed by atoms with van der Waals surface area (Å²) in [5.74, 6) is 3.78. The molecule has 1 saturated heterocycles. The molecule has 31 heavy (non-hydrogen) atoms.